The van der Waals surface area contributed by atoms with E-state index < -0.39 is 0 Å². The van der Waals surface area contributed by atoms with Gasteiger partial charge in [0.15, 0.2) is 0 Å². The molecule has 3 rings (SSSR count). The molecule has 2 nitrogen and oxygen atoms in total. The fraction of sp³-hybridized carbons (Fsp3) is 0.429. The Kier molecular flexibility index (Phi) is 1.93. The molecule has 0 saturated heterocycles. The highest BCUT2D eigenvalue weighted by Gasteiger charge is 2.54. The first kappa shape index (κ1) is 9.91. The van der Waals surface area contributed by atoms with Crippen LogP contribution in [-0.4, -0.2) is 11.0 Å². The number of nitrogens with one attached hydrogen (secondary N) is 1. The smallest absolute Gasteiger partial charge is 0.0456 e. The van der Waals surface area contributed by atoms with Gasteiger partial charge in [-0.05, 0) is 29.4 Å². The average molecular weight is 214 g/mol. The summed E-state index contributed by atoms with van der Waals surface area (Å²) in [6, 6.07) is 8.83. The molecule has 2 aromatic rings. The number of aromatic amines is 1. The van der Waals surface area contributed by atoms with Crippen LogP contribution in [0.1, 0.15) is 19.4 Å². The molecule has 1 aromatic carbocycles. The van der Waals surface area contributed by atoms with Crippen LogP contribution < -0.4 is 5.73 Å². The summed E-state index contributed by atoms with van der Waals surface area (Å²) in [7, 11) is 0. The molecular formula is C14H18N2. The molecule has 0 amide bonds. The third kappa shape index (κ3) is 1.30. The molecule has 0 unspecified atom stereocenters. The van der Waals surface area contributed by atoms with E-state index in [0.29, 0.717) is 17.4 Å². The first-order chi connectivity index (χ1) is 7.60. The first-order valence-electron chi connectivity index (χ1n) is 5.91. The zero-order valence-corrected chi connectivity index (χ0v) is 9.83. The van der Waals surface area contributed by atoms with E-state index in [4.69, 9.17) is 5.73 Å². The lowest BCUT2D eigenvalue weighted by Crippen LogP contribution is -2.06. The van der Waals surface area contributed by atoms with Crippen molar-refractivity contribution in [3.05, 3.63) is 36.0 Å². The Balaban J connectivity index is 1.91. The standard InChI is InChI=1S/C14H18N2/c1-14(2)11(13(14)15)7-9-8-16-12-6-4-3-5-10(9)12/h3-6,8,11,13,16H,7,15H2,1-2H3/t11-,13-/m0/s1. The molecule has 16 heavy (non-hydrogen) atoms. The highest BCUT2D eigenvalue weighted by Crippen LogP contribution is 2.52. The van der Waals surface area contributed by atoms with Crippen LogP contribution in [0.15, 0.2) is 30.5 Å². The van der Waals surface area contributed by atoms with Crippen LogP contribution in [0.3, 0.4) is 0 Å². The van der Waals surface area contributed by atoms with Crippen molar-refractivity contribution in [3.8, 4) is 0 Å². The highest BCUT2D eigenvalue weighted by atomic mass is 14.8. The molecule has 3 N–H and O–H groups in total. The van der Waals surface area contributed by atoms with Crippen molar-refractivity contribution in [3.63, 3.8) is 0 Å². The Morgan fingerprint density at radius 1 is 1.31 bits per heavy atom. The van der Waals surface area contributed by atoms with Crippen molar-refractivity contribution in [1.82, 2.24) is 4.98 Å². The number of H-pyrrole nitrogens is 1. The maximum atomic E-state index is 6.09. The summed E-state index contributed by atoms with van der Waals surface area (Å²) in [5.41, 5.74) is 9.04. The number of rotatable bonds is 2. The van der Waals surface area contributed by atoms with Crippen LogP contribution >= 0.6 is 0 Å². The lowest BCUT2D eigenvalue weighted by Gasteiger charge is -2.01. The minimum Gasteiger partial charge on any atom is -0.361 e. The molecule has 1 heterocycles. The number of aromatic nitrogens is 1. The Morgan fingerprint density at radius 3 is 2.69 bits per heavy atom. The van der Waals surface area contributed by atoms with Crippen LogP contribution in [0.2, 0.25) is 0 Å². The molecule has 2 heteroatoms. The molecule has 0 bridgehead atoms. The molecule has 2 atom stereocenters. The molecule has 0 radical (unpaired) electrons. The SMILES string of the molecule is CC1(C)[C@@H](N)[C@@H]1Cc1c[nH]c2ccccc12. The third-order valence-corrected chi connectivity index (χ3v) is 4.25. The van der Waals surface area contributed by atoms with E-state index in [2.05, 4.69) is 49.3 Å². The quantitative estimate of drug-likeness (QED) is 0.793. The van der Waals surface area contributed by atoms with Gasteiger partial charge in [-0.1, -0.05) is 32.0 Å². The van der Waals surface area contributed by atoms with E-state index in [1.165, 1.54) is 16.5 Å². The van der Waals surface area contributed by atoms with Crippen LogP contribution in [0.5, 0.6) is 0 Å². The Bertz CT molecular complexity index is 524. The van der Waals surface area contributed by atoms with Crippen LogP contribution in [0.4, 0.5) is 0 Å². The number of fused-ring (bicyclic) bond motifs is 1. The maximum absolute atomic E-state index is 6.09. The second kappa shape index (κ2) is 3.11. The molecule has 1 fully saturated rings. The number of hydrogen-bond donors (Lipinski definition) is 2. The fourth-order valence-electron chi connectivity index (χ4n) is 2.71. The zero-order valence-electron chi connectivity index (χ0n) is 9.83. The Labute approximate surface area is 95.8 Å². The van der Waals surface area contributed by atoms with Crippen molar-refractivity contribution >= 4 is 10.9 Å². The topological polar surface area (TPSA) is 41.8 Å². The van der Waals surface area contributed by atoms with E-state index >= 15 is 0 Å². The van der Waals surface area contributed by atoms with Gasteiger partial charge in [-0.25, -0.2) is 0 Å². The lowest BCUT2D eigenvalue weighted by molar-refractivity contribution is 0.552. The third-order valence-electron chi connectivity index (χ3n) is 4.25. The number of para-hydroxylation sites is 1. The van der Waals surface area contributed by atoms with Gasteiger partial charge in [0, 0.05) is 23.1 Å². The van der Waals surface area contributed by atoms with Crippen LogP contribution in [0, 0.1) is 11.3 Å². The van der Waals surface area contributed by atoms with Crippen LogP contribution in [0.25, 0.3) is 10.9 Å². The Morgan fingerprint density at radius 2 is 2.00 bits per heavy atom. The summed E-state index contributed by atoms with van der Waals surface area (Å²) >= 11 is 0. The molecular weight excluding hydrogens is 196 g/mol. The number of nitrogens with two attached hydrogens (primary N) is 1. The summed E-state index contributed by atoms with van der Waals surface area (Å²) in [6.07, 6.45) is 3.23. The summed E-state index contributed by atoms with van der Waals surface area (Å²) in [6.45, 7) is 4.52. The monoisotopic (exact) mass is 214 g/mol. The fourth-order valence-corrected chi connectivity index (χ4v) is 2.71. The predicted molar refractivity (Wildman–Crippen MR) is 67.2 cm³/mol. The highest BCUT2D eigenvalue weighted by molar-refractivity contribution is 5.83. The van der Waals surface area contributed by atoms with Gasteiger partial charge in [0.05, 0.1) is 0 Å². The van der Waals surface area contributed by atoms with Gasteiger partial charge in [0.2, 0.25) is 0 Å². The van der Waals surface area contributed by atoms with E-state index in [-0.39, 0.29) is 0 Å². The summed E-state index contributed by atoms with van der Waals surface area (Å²) < 4.78 is 0. The normalized spacial score (nSPS) is 27.2. The van der Waals surface area contributed by atoms with Crippen LogP contribution in [-0.2, 0) is 6.42 Å². The molecule has 1 aromatic heterocycles. The second-order valence-electron chi connectivity index (χ2n) is 5.52. The van der Waals surface area contributed by atoms with Gasteiger partial charge < -0.3 is 10.7 Å². The summed E-state index contributed by atoms with van der Waals surface area (Å²) in [4.78, 5) is 3.32. The summed E-state index contributed by atoms with van der Waals surface area (Å²) in [5, 5.41) is 1.34. The minimum absolute atomic E-state index is 0.318. The number of benzene rings is 1. The van der Waals surface area contributed by atoms with E-state index in [9.17, 15) is 0 Å². The van der Waals surface area contributed by atoms with Crippen molar-refractivity contribution < 1.29 is 0 Å². The molecule has 84 valence electrons. The van der Waals surface area contributed by atoms with Gasteiger partial charge in [-0.2, -0.15) is 0 Å². The van der Waals surface area contributed by atoms with Crippen molar-refractivity contribution in [2.75, 3.05) is 0 Å². The van der Waals surface area contributed by atoms with Gasteiger partial charge >= 0.3 is 0 Å². The molecule has 1 saturated carbocycles. The maximum Gasteiger partial charge on any atom is 0.0456 e. The van der Waals surface area contributed by atoms with Crippen molar-refractivity contribution in [2.24, 2.45) is 17.1 Å². The van der Waals surface area contributed by atoms with Crippen molar-refractivity contribution in [1.29, 1.82) is 0 Å². The van der Waals surface area contributed by atoms with E-state index in [1.807, 2.05) is 0 Å². The Hall–Kier alpha value is -1.28. The molecule has 0 aliphatic heterocycles. The van der Waals surface area contributed by atoms with E-state index in [1.54, 1.807) is 0 Å². The largest absolute Gasteiger partial charge is 0.361 e. The first-order valence-corrected chi connectivity index (χ1v) is 5.91. The van der Waals surface area contributed by atoms with Gasteiger partial charge in [-0.15, -0.1) is 0 Å². The molecule has 0 spiro atoms. The minimum atomic E-state index is 0.318. The molecule has 1 aliphatic carbocycles. The zero-order chi connectivity index (χ0) is 11.3. The molecule has 1 aliphatic rings. The lowest BCUT2D eigenvalue weighted by atomic mass is 10.0. The van der Waals surface area contributed by atoms with Gasteiger partial charge in [0.25, 0.3) is 0 Å². The van der Waals surface area contributed by atoms with Crippen molar-refractivity contribution in [2.45, 2.75) is 26.3 Å². The summed E-state index contributed by atoms with van der Waals surface area (Å²) in [5.74, 6) is 0.631. The predicted octanol–water partition coefficient (Wildman–Crippen LogP) is 2.69. The van der Waals surface area contributed by atoms with Gasteiger partial charge in [-0.3, -0.25) is 0 Å². The second-order valence-corrected chi connectivity index (χ2v) is 5.52. The average Bonchev–Trinajstić information content (AvgIpc) is 2.67. The number of hydrogen-bond acceptors (Lipinski definition) is 1. The van der Waals surface area contributed by atoms with E-state index in [0.717, 1.165) is 6.42 Å². The van der Waals surface area contributed by atoms with Gasteiger partial charge in [0.1, 0.15) is 0 Å².